The molecular formula is C15H20N4O3. The van der Waals surface area contributed by atoms with Crippen molar-refractivity contribution in [1.29, 1.82) is 0 Å². The second kappa shape index (κ2) is 6.41. The second-order valence-corrected chi connectivity index (χ2v) is 5.76. The molecule has 0 aliphatic carbocycles. The van der Waals surface area contributed by atoms with Gasteiger partial charge in [0.05, 0.1) is 12.1 Å². The normalized spacial score (nSPS) is 24.6. The van der Waals surface area contributed by atoms with Crippen LogP contribution in [0.2, 0.25) is 0 Å². The lowest BCUT2D eigenvalue weighted by molar-refractivity contribution is -0.126. The van der Waals surface area contributed by atoms with Gasteiger partial charge in [-0.05, 0) is 31.9 Å². The molecule has 1 aromatic rings. The van der Waals surface area contributed by atoms with Crippen LogP contribution in [0.3, 0.4) is 0 Å². The number of hydrogen-bond donors (Lipinski definition) is 3. The minimum atomic E-state index is -0.415. The summed E-state index contributed by atoms with van der Waals surface area (Å²) in [7, 11) is 0. The first-order valence-electron chi connectivity index (χ1n) is 7.56. The monoisotopic (exact) mass is 304 g/mol. The third-order valence-corrected chi connectivity index (χ3v) is 3.90. The topological polar surface area (TPSA) is 92.4 Å². The zero-order valence-corrected chi connectivity index (χ0v) is 12.5. The fourth-order valence-electron chi connectivity index (χ4n) is 2.50. The fourth-order valence-corrected chi connectivity index (χ4v) is 2.50. The fraction of sp³-hybridized carbons (Fsp3) is 0.533. The van der Waals surface area contributed by atoms with E-state index in [9.17, 15) is 9.59 Å². The average Bonchev–Trinajstić information content (AvgIpc) is 2.90. The summed E-state index contributed by atoms with van der Waals surface area (Å²) < 4.78 is 5.53. The molecule has 0 spiro atoms. The van der Waals surface area contributed by atoms with Crippen molar-refractivity contribution in [2.75, 3.05) is 18.4 Å². The van der Waals surface area contributed by atoms with Gasteiger partial charge in [0.15, 0.2) is 0 Å². The molecule has 3 rings (SSSR count). The Kier molecular flexibility index (Phi) is 4.35. The first-order chi connectivity index (χ1) is 10.6. The summed E-state index contributed by atoms with van der Waals surface area (Å²) in [5.41, 5.74) is 0.852. The molecule has 0 radical (unpaired) electrons. The van der Waals surface area contributed by atoms with Crippen LogP contribution in [0.15, 0.2) is 18.3 Å². The third kappa shape index (κ3) is 3.42. The Morgan fingerprint density at radius 1 is 1.36 bits per heavy atom. The van der Waals surface area contributed by atoms with Gasteiger partial charge in [-0.25, -0.2) is 0 Å². The Morgan fingerprint density at radius 3 is 2.82 bits per heavy atom. The van der Waals surface area contributed by atoms with Crippen molar-refractivity contribution in [3.8, 4) is 0 Å². The maximum absolute atomic E-state index is 12.1. The van der Waals surface area contributed by atoms with Crippen molar-refractivity contribution in [3.63, 3.8) is 0 Å². The molecule has 118 valence electrons. The highest BCUT2D eigenvalue weighted by Crippen LogP contribution is 2.20. The predicted octanol–water partition coefficient (Wildman–Crippen LogP) is 0.289. The molecule has 22 heavy (non-hydrogen) atoms. The molecule has 0 aromatic carbocycles. The zero-order valence-electron chi connectivity index (χ0n) is 12.5. The molecule has 2 amide bonds. The highest BCUT2D eigenvalue weighted by Gasteiger charge is 2.28. The van der Waals surface area contributed by atoms with Crippen LogP contribution in [0.5, 0.6) is 0 Å². The van der Waals surface area contributed by atoms with Gasteiger partial charge < -0.3 is 20.7 Å². The van der Waals surface area contributed by atoms with Gasteiger partial charge in [-0.3, -0.25) is 14.6 Å². The Balaban J connectivity index is 1.60. The Hall–Kier alpha value is -1.99. The van der Waals surface area contributed by atoms with Crippen LogP contribution < -0.4 is 16.0 Å². The SMILES string of the molecule is CC1CCC(C(=O)Nc2ccnc(C(=O)NC3CNC3)c2)O1. The maximum atomic E-state index is 12.1. The second-order valence-electron chi connectivity index (χ2n) is 5.76. The van der Waals surface area contributed by atoms with E-state index in [-0.39, 0.29) is 24.0 Å². The van der Waals surface area contributed by atoms with E-state index in [0.29, 0.717) is 11.4 Å². The molecule has 2 saturated heterocycles. The molecule has 0 saturated carbocycles. The third-order valence-electron chi connectivity index (χ3n) is 3.90. The number of pyridine rings is 1. The number of hydrogen-bond acceptors (Lipinski definition) is 5. The minimum Gasteiger partial charge on any atom is -0.365 e. The molecule has 2 atom stereocenters. The number of nitrogens with one attached hydrogen (secondary N) is 3. The van der Waals surface area contributed by atoms with Crippen molar-refractivity contribution in [3.05, 3.63) is 24.0 Å². The van der Waals surface area contributed by atoms with Crippen LogP contribution >= 0.6 is 0 Å². The van der Waals surface area contributed by atoms with Crippen molar-refractivity contribution >= 4 is 17.5 Å². The molecule has 0 bridgehead atoms. The summed E-state index contributed by atoms with van der Waals surface area (Å²) in [6, 6.07) is 3.40. The standard InChI is InChI=1S/C15H20N4O3/c1-9-2-3-13(22-9)15(21)18-10-4-5-17-12(6-10)14(20)19-11-7-16-8-11/h4-6,9,11,13,16H,2-3,7-8H2,1H3,(H,19,20)(H,17,18,21). The van der Waals surface area contributed by atoms with Crippen LogP contribution in [0.1, 0.15) is 30.3 Å². The average molecular weight is 304 g/mol. The molecule has 2 aliphatic heterocycles. The van der Waals surface area contributed by atoms with E-state index in [4.69, 9.17) is 4.74 Å². The van der Waals surface area contributed by atoms with Crippen molar-refractivity contribution < 1.29 is 14.3 Å². The summed E-state index contributed by atoms with van der Waals surface area (Å²) in [6.45, 7) is 3.51. The van der Waals surface area contributed by atoms with Crippen LogP contribution in [-0.4, -0.2) is 48.1 Å². The molecule has 2 fully saturated rings. The molecule has 7 heteroatoms. The van der Waals surface area contributed by atoms with Crippen LogP contribution in [0.4, 0.5) is 5.69 Å². The van der Waals surface area contributed by atoms with E-state index in [0.717, 1.165) is 25.9 Å². The summed E-state index contributed by atoms with van der Waals surface area (Å²) in [6.07, 6.45) is 2.83. The van der Waals surface area contributed by atoms with Crippen molar-refractivity contribution in [2.24, 2.45) is 0 Å². The van der Waals surface area contributed by atoms with Crippen molar-refractivity contribution in [1.82, 2.24) is 15.6 Å². The van der Waals surface area contributed by atoms with Gasteiger partial charge in [0.25, 0.3) is 11.8 Å². The van der Waals surface area contributed by atoms with Gasteiger partial charge >= 0.3 is 0 Å². The van der Waals surface area contributed by atoms with Crippen LogP contribution in [0, 0.1) is 0 Å². The Labute approximate surface area is 128 Å². The zero-order chi connectivity index (χ0) is 15.5. The van der Waals surface area contributed by atoms with Gasteiger partial charge in [-0.2, -0.15) is 0 Å². The lowest BCUT2D eigenvalue weighted by Crippen LogP contribution is -2.57. The van der Waals surface area contributed by atoms with Crippen LogP contribution in [-0.2, 0) is 9.53 Å². The van der Waals surface area contributed by atoms with Gasteiger partial charge in [0.1, 0.15) is 11.8 Å². The summed E-state index contributed by atoms with van der Waals surface area (Å²) in [5.74, 6) is -0.404. The van der Waals surface area contributed by atoms with Gasteiger partial charge in [0, 0.05) is 25.0 Å². The Morgan fingerprint density at radius 2 is 2.18 bits per heavy atom. The smallest absolute Gasteiger partial charge is 0.270 e. The van der Waals surface area contributed by atoms with E-state index in [2.05, 4.69) is 20.9 Å². The molecule has 3 N–H and O–H groups in total. The number of carbonyl (C=O) groups is 2. The summed E-state index contributed by atoms with van der Waals surface area (Å²) >= 11 is 0. The lowest BCUT2D eigenvalue weighted by atomic mass is 10.1. The highest BCUT2D eigenvalue weighted by molar-refractivity contribution is 5.97. The summed E-state index contributed by atoms with van der Waals surface area (Å²) in [5, 5.41) is 8.74. The number of amides is 2. The first kappa shape index (κ1) is 14.9. The number of carbonyl (C=O) groups excluding carboxylic acids is 2. The number of anilines is 1. The van der Waals surface area contributed by atoms with Gasteiger partial charge in [-0.15, -0.1) is 0 Å². The number of rotatable bonds is 4. The summed E-state index contributed by atoms with van der Waals surface area (Å²) in [4.78, 5) is 28.2. The number of ether oxygens (including phenoxy) is 1. The number of nitrogens with zero attached hydrogens (tertiary/aromatic N) is 1. The van der Waals surface area contributed by atoms with E-state index >= 15 is 0 Å². The van der Waals surface area contributed by atoms with Gasteiger partial charge in [0.2, 0.25) is 0 Å². The van der Waals surface area contributed by atoms with Gasteiger partial charge in [-0.1, -0.05) is 0 Å². The molecule has 3 heterocycles. The quantitative estimate of drug-likeness (QED) is 0.743. The largest absolute Gasteiger partial charge is 0.365 e. The first-order valence-corrected chi connectivity index (χ1v) is 7.56. The molecule has 2 aliphatic rings. The minimum absolute atomic E-state index is 0.116. The predicted molar refractivity (Wildman–Crippen MR) is 80.6 cm³/mol. The van der Waals surface area contributed by atoms with Crippen molar-refractivity contribution in [2.45, 2.75) is 38.0 Å². The molecule has 1 aromatic heterocycles. The van der Waals surface area contributed by atoms with E-state index < -0.39 is 6.10 Å². The van der Waals surface area contributed by atoms with E-state index in [1.54, 1.807) is 12.1 Å². The Bertz CT molecular complexity index is 574. The lowest BCUT2D eigenvalue weighted by Gasteiger charge is -2.27. The molecule has 7 nitrogen and oxygen atoms in total. The molecule has 2 unspecified atom stereocenters. The van der Waals surface area contributed by atoms with E-state index in [1.807, 2.05) is 6.92 Å². The van der Waals surface area contributed by atoms with E-state index in [1.165, 1.54) is 6.20 Å². The van der Waals surface area contributed by atoms with Crippen LogP contribution in [0.25, 0.3) is 0 Å². The number of aromatic nitrogens is 1. The highest BCUT2D eigenvalue weighted by atomic mass is 16.5. The molecular weight excluding hydrogens is 284 g/mol. The maximum Gasteiger partial charge on any atom is 0.270 e.